The van der Waals surface area contributed by atoms with Gasteiger partial charge in [0.2, 0.25) is 0 Å². The predicted molar refractivity (Wildman–Crippen MR) is 74.6 cm³/mol. The van der Waals surface area contributed by atoms with Crippen LogP contribution in [0, 0.1) is 5.82 Å². The molecule has 1 unspecified atom stereocenters. The van der Waals surface area contributed by atoms with Gasteiger partial charge in [-0.25, -0.2) is 4.39 Å². The summed E-state index contributed by atoms with van der Waals surface area (Å²) in [5.41, 5.74) is 0.760. The number of anilines is 1. The van der Waals surface area contributed by atoms with E-state index in [2.05, 4.69) is 0 Å². The molecule has 1 aliphatic rings. The number of fused-ring (bicyclic) bond motifs is 1. The van der Waals surface area contributed by atoms with Gasteiger partial charge in [-0.1, -0.05) is 24.3 Å². The van der Waals surface area contributed by atoms with Crippen LogP contribution in [0.15, 0.2) is 48.5 Å². The quantitative estimate of drug-likeness (QED) is 0.796. The molecular weight excluding hydrogens is 257 g/mol. The summed E-state index contributed by atoms with van der Waals surface area (Å²) in [6, 6.07) is 13.2. The number of hydrogen-bond donors (Lipinski definition) is 0. The van der Waals surface area contributed by atoms with E-state index in [0.29, 0.717) is 18.0 Å². The van der Waals surface area contributed by atoms with E-state index in [1.165, 1.54) is 12.1 Å². The summed E-state index contributed by atoms with van der Waals surface area (Å²) in [4.78, 5) is 14.2. The van der Waals surface area contributed by atoms with Gasteiger partial charge >= 0.3 is 0 Å². The summed E-state index contributed by atoms with van der Waals surface area (Å²) in [5.74, 6) is -0.199. The Balaban J connectivity index is 2.05. The van der Waals surface area contributed by atoms with Crippen LogP contribution in [-0.4, -0.2) is 18.6 Å². The summed E-state index contributed by atoms with van der Waals surface area (Å²) in [6.07, 6.45) is 0. The van der Waals surface area contributed by atoms with Gasteiger partial charge in [-0.3, -0.25) is 9.69 Å². The van der Waals surface area contributed by atoms with Crippen LogP contribution in [0.1, 0.15) is 17.3 Å². The molecule has 4 heteroatoms. The van der Waals surface area contributed by atoms with E-state index in [4.69, 9.17) is 4.74 Å². The lowest BCUT2D eigenvalue weighted by atomic mass is 10.1. The summed E-state index contributed by atoms with van der Waals surface area (Å²) < 4.78 is 19.4. The van der Waals surface area contributed by atoms with Crippen molar-refractivity contribution in [1.82, 2.24) is 0 Å². The number of benzene rings is 2. The van der Waals surface area contributed by atoms with E-state index in [9.17, 15) is 9.18 Å². The van der Waals surface area contributed by atoms with Gasteiger partial charge in [0.25, 0.3) is 5.91 Å². The summed E-state index contributed by atoms with van der Waals surface area (Å²) in [6.45, 7) is 2.28. The molecule has 20 heavy (non-hydrogen) atoms. The molecule has 0 radical (unpaired) electrons. The number of hydrogen-bond acceptors (Lipinski definition) is 2. The number of halogens is 1. The molecule has 2 aromatic carbocycles. The lowest BCUT2D eigenvalue weighted by Crippen LogP contribution is -2.45. The van der Waals surface area contributed by atoms with Crippen LogP contribution in [0.3, 0.4) is 0 Å². The van der Waals surface area contributed by atoms with Crippen molar-refractivity contribution >= 4 is 11.6 Å². The number of para-hydroxylation sites is 2. The van der Waals surface area contributed by atoms with Crippen molar-refractivity contribution < 1.29 is 13.9 Å². The topological polar surface area (TPSA) is 29.5 Å². The van der Waals surface area contributed by atoms with Crippen LogP contribution >= 0.6 is 0 Å². The molecule has 0 bridgehead atoms. The maximum absolute atomic E-state index is 13.8. The lowest BCUT2D eigenvalue weighted by Gasteiger charge is -2.35. The van der Waals surface area contributed by atoms with Crippen LogP contribution in [0.2, 0.25) is 0 Å². The molecule has 3 nitrogen and oxygen atoms in total. The van der Waals surface area contributed by atoms with Gasteiger partial charge in [0, 0.05) is 0 Å². The Morgan fingerprint density at radius 2 is 1.90 bits per heavy atom. The van der Waals surface area contributed by atoms with Crippen molar-refractivity contribution in [3.05, 3.63) is 59.9 Å². The number of carbonyl (C=O) groups excluding carboxylic acids is 1. The third-order valence-electron chi connectivity index (χ3n) is 3.37. The van der Waals surface area contributed by atoms with Crippen LogP contribution in [0.25, 0.3) is 0 Å². The van der Waals surface area contributed by atoms with E-state index in [1.807, 2.05) is 31.2 Å². The third-order valence-corrected chi connectivity index (χ3v) is 3.37. The number of ether oxygens (including phenoxy) is 1. The minimum absolute atomic E-state index is 0.0797. The molecule has 102 valence electrons. The second kappa shape index (κ2) is 4.96. The molecular formula is C16H14FNO2. The molecule has 2 aromatic rings. The van der Waals surface area contributed by atoms with Crippen molar-refractivity contribution in [3.63, 3.8) is 0 Å². The summed E-state index contributed by atoms with van der Waals surface area (Å²) in [5, 5.41) is 0. The molecule has 0 saturated carbocycles. The molecule has 0 fully saturated rings. The highest BCUT2D eigenvalue weighted by Crippen LogP contribution is 2.34. The monoisotopic (exact) mass is 271 g/mol. The Morgan fingerprint density at radius 3 is 2.70 bits per heavy atom. The van der Waals surface area contributed by atoms with Gasteiger partial charge in [-0.2, -0.15) is 0 Å². The largest absolute Gasteiger partial charge is 0.489 e. The molecule has 1 heterocycles. The second-order valence-corrected chi connectivity index (χ2v) is 4.78. The number of carbonyl (C=O) groups is 1. The Hall–Kier alpha value is -2.36. The zero-order chi connectivity index (χ0) is 14.1. The molecule has 1 aliphatic heterocycles. The molecule has 1 amide bonds. The zero-order valence-electron chi connectivity index (χ0n) is 11.0. The summed E-state index contributed by atoms with van der Waals surface area (Å²) >= 11 is 0. The minimum Gasteiger partial charge on any atom is -0.489 e. The lowest BCUT2D eigenvalue weighted by molar-refractivity contribution is 0.0957. The fraction of sp³-hybridized carbons (Fsp3) is 0.188. The average molecular weight is 271 g/mol. The maximum Gasteiger partial charge on any atom is 0.261 e. The molecule has 0 aliphatic carbocycles. The standard InChI is InChI=1S/C16H14FNO2/c1-11-10-20-15-9-5-4-8-14(15)18(11)16(19)12-6-2-3-7-13(12)17/h2-9,11H,10H2,1H3. The zero-order valence-corrected chi connectivity index (χ0v) is 11.0. The Labute approximate surface area is 116 Å². The van der Waals surface area contributed by atoms with Crippen molar-refractivity contribution in [2.75, 3.05) is 11.5 Å². The number of rotatable bonds is 1. The van der Waals surface area contributed by atoms with E-state index < -0.39 is 5.82 Å². The Bertz CT molecular complexity index is 656. The first-order valence-corrected chi connectivity index (χ1v) is 6.48. The van der Waals surface area contributed by atoms with Gasteiger partial charge in [-0.15, -0.1) is 0 Å². The van der Waals surface area contributed by atoms with Crippen molar-refractivity contribution in [2.24, 2.45) is 0 Å². The van der Waals surface area contributed by atoms with Gasteiger partial charge < -0.3 is 4.74 Å². The molecule has 3 rings (SSSR count). The highest BCUT2D eigenvalue weighted by molar-refractivity contribution is 6.07. The van der Waals surface area contributed by atoms with Crippen LogP contribution < -0.4 is 9.64 Å². The van der Waals surface area contributed by atoms with Crippen molar-refractivity contribution in [2.45, 2.75) is 13.0 Å². The third kappa shape index (κ3) is 2.03. The van der Waals surface area contributed by atoms with Crippen LogP contribution in [0.4, 0.5) is 10.1 Å². The maximum atomic E-state index is 13.8. The molecule has 1 atom stereocenters. The second-order valence-electron chi connectivity index (χ2n) is 4.78. The molecule has 0 saturated heterocycles. The van der Waals surface area contributed by atoms with Crippen LogP contribution in [-0.2, 0) is 0 Å². The van der Waals surface area contributed by atoms with Crippen LogP contribution in [0.5, 0.6) is 5.75 Å². The van der Waals surface area contributed by atoms with E-state index in [-0.39, 0.29) is 17.5 Å². The number of nitrogens with zero attached hydrogens (tertiary/aromatic N) is 1. The SMILES string of the molecule is CC1COc2ccccc2N1C(=O)c1ccccc1F. The van der Waals surface area contributed by atoms with Crippen molar-refractivity contribution in [1.29, 1.82) is 0 Å². The highest BCUT2D eigenvalue weighted by atomic mass is 19.1. The van der Waals surface area contributed by atoms with Gasteiger partial charge in [0.05, 0.1) is 17.3 Å². The molecule has 0 spiro atoms. The predicted octanol–water partition coefficient (Wildman–Crippen LogP) is 3.25. The Morgan fingerprint density at radius 1 is 1.20 bits per heavy atom. The van der Waals surface area contributed by atoms with E-state index in [0.717, 1.165) is 0 Å². The van der Waals surface area contributed by atoms with E-state index >= 15 is 0 Å². The van der Waals surface area contributed by atoms with E-state index in [1.54, 1.807) is 17.0 Å². The first-order chi connectivity index (χ1) is 9.68. The van der Waals surface area contributed by atoms with Gasteiger partial charge in [0.1, 0.15) is 18.2 Å². The smallest absolute Gasteiger partial charge is 0.261 e. The first-order valence-electron chi connectivity index (χ1n) is 6.48. The van der Waals surface area contributed by atoms with Gasteiger partial charge in [-0.05, 0) is 31.2 Å². The molecule has 0 N–H and O–H groups in total. The fourth-order valence-electron chi connectivity index (χ4n) is 2.37. The highest BCUT2D eigenvalue weighted by Gasteiger charge is 2.31. The number of amides is 1. The minimum atomic E-state index is -0.506. The first kappa shape index (κ1) is 12.7. The Kier molecular flexibility index (Phi) is 3.14. The summed E-state index contributed by atoms with van der Waals surface area (Å²) in [7, 11) is 0. The van der Waals surface area contributed by atoms with Gasteiger partial charge in [0.15, 0.2) is 0 Å². The average Bonchev–Trinajstić information content (AvgIpc) is 2.47. The fourth-order valence-corrected chi connectivity index (χ4v) is 2.37. The molecule has 0 aromatic heterocycles. The normalized spacial score (nSPS) is 17.3. The van der Waals surface area contributed by atoms with Crippen molar-refractivity contribution in [3.8, 4) is 5.75 Å².